The summed E-state index contributed by atoms with van der Waals surface area (Å²) in [6, 6.07) is 24.7. The third-order valence-corrected chi connectivity index (χ3v) is 6.83. The number of aryl methyl sites for hydroxylation is 2. The van der Waals surface area contributed by atoms with Crippen molar-refractivity contribution in [3.05, 3.63) is 136 Å². The molecule has 6 nitrogen and oxygen atoms in total. The Bertz CT molecular complexity index is 1810. The van der Waals surface area contributed by atoms with Crippen LogP contribution in [0.1, 0.15) is 45.1 Å². The lowest BCUT2D eigenvalue weighted by Gasteiger charge is -2.16. The molecule has 0 spiro atoms. The van der Waals surface area contributed by atoms with Crippen molar-refractivity contribution in [1.82, 2.24) is 4.98 Å². The van der Waals surface area contributed by atoms with E-state index in [0.717, 1.165) is 5.56 Å². The Hall–Kier alpha value is -5.30. The zero-order valence-corrected chi connectivity index (χ0v) is 23.4. The highest BCUT2D eigenvalue weighted by Crippen LogP contribution is 2.36. The topological polar surface area (TPSA) is 85.7 Å². The van der Waals surface area contributed by atoms with E-state index in [9.17, 15) is 19.1 Å². The second kappa shape index (κ2) is 12.1. The van der Waals surface area contributed by atoms with Crippen LogP contribution in [-0.4, -0.2) is 21.8 Å². The van der Waals surface area contributed by atoms with E-state index in [4.69, 9.17) is 9.47 Å². The first-order valence-electron chi connectivity index (χ1n) is 13.3. The molecule has 0 saturated heterocycles. The lowest BCUT2D eigenvalue weighted by atomic mass is 9.94. The SMILES string of the molecule is C/C(=C\c1ccc(Oc2c(C(=O)c3c(C)cc(F)cc3C)cnc3cc(OCc4ccccc4)ccc23)cc1)C(=O)O. The third kappa shape index (κ3) is 6.20. The number of carboxylic acid groups (broad SMARTS) is 1. The molecule has 1 heterocycles. The van der Waals surface area contributed by atoms with E-state index in [1.807, 2.05) is 30.3 Å². The Morgan fingerprint density at radius 3 is 2.24 bits per heavy atom. The Morgan fingerprint density at radius 2 is 1.57 bits per heavy atom. The summed E-state index contributed by atoms with van der Waals surface area (Å²) in [5.41, 5.74) is 4.12. The maximum absolute atomic E-state index is 14.0. The second-order valence-electron chi connectivity index (χ2n) is 10.0. The third-order valence-electron chi connectivity index (χ3n) is 6.83. The summed E-state index contributed by atoms with van der Waals surface area (Å²) in [5, 5.41) is 9.77. The fraction of sp³-hybridized carbons (Fsp3) is 0.114. The number of hydrogen-bond acceptors (Lipinski definition) is 5. The van der Waals surface area contributed by atoms with E-state index < -0.39 is 11.8 Å². The Morgan fingerprint density at radius 1 is 0.905 bits per heavy atom. The number of carbonyl (C=O) groups is 2. The van der Waals surface area contributed by atoms with Crippen molar-refractivity contribution in [3.8, 4) is 17.2 Å². The zero-order valence-electron chi connectivity index (χ0n) is 23.4. The number of ether oxygens (including phenoxy) is 2. The van der Waals surface area contributed by atoms with Gasteiger partial charge < -0.3 is 14.6 Å². The molecule has 0 unspecified atom stereocenters. The molecule has 0 aliphatic carbocycles. The number of halogens is 1. The minimum atomic E-state index is -1.000. The lowest BCUT2D eigenvalue weighted by molar-refractivity contribution is -0.132. The van der Waals surface area contributed by atoms with Gasteiger partial charge in [-0.3, -0.25) is 9.78 Å². The normalized spacial score (nSPS) is 11.4. The van der Waals surface area contributed by atoms with Crippen LogP contribution < -0.4 is 9.47 Å². The Labute approximate surface area is 242 Å². The zero-order chi connectivity index (χ0) is 29.8. The number of fused-ring (bicyclic) bond motifs is 1. The van der Waals surface area contributed by atoms with Gasteiger partial charge in [0.15, 0.2) is 5.78 Å². The van der Waals surface area contributed by atoms with E-state index in [0.29, 0.717) is 57.0 Å². The predicted molar refractivity (Wildman–Crippen MR) is 160 cm³/mol. The molecule has 42 heavy (non-hydrogen) atoms. The molecule has 0 atom stereocenters. The van der Waals surface area contributed by atoms with Crippen LogP contribution in [0.4, 0.5) is 4.39 Å². The summed E-state index contributed by atoms with van der Waals surface area (Å²) in [5.74, 6) is -0.397. The molecule has 7 heteroatoms. The number of rotatable bonds is 9. The van der Waals surface area contributed by atoms with Gasteiger partial charge in [-0.2, -0.15) is 0 Å². The average molecular weight is 562 g/mol. The van der Waals surface area contributed by atoms with E-state index >= 15 is 0 Å². The lowest BCUT2D eigenvalue weighted by Crippen LogP contribution is -2.09. The molecule has 4 aromatic carbocycles. The van der Waals surface area contributed by atoms with Gasteiger partial charge in [0.05, 0.1) is 11.1 Å². The van der Waals surface area contributed by atoms with Crippen LogP contribution in [0.25, 0.3) is 17.0 Å². The number of aromatic nitrogens is 1. The van der Waals surface area contributed by atoms with E-state index in [-0.39, 0.29) is 16.9 Å². The van der Waals surface area contributed by atoms with Gasteiger partial charge in [0.1, 0.15) is 29.7 Å². The summed E-state index contributed by atoms with van der Waals surface area (Å²) in [6.07, 6.45) is 3.02. The summed E-state index contributed by atoms with van der Waals surface area (Å²) < 4.78 is 26.3. The number of hydrogen-bond donors (Lipinski definition) is 1. The van der Waals surface area contributed by atoms with Crippen molar-refractivity contribution < 1.29 is 28.6 Å². The Kier molecular flexibility index (Phi) is 8.11. The van der Waals surface area contributed by atoms with Crippen LogP contribution in [0.2, 0.25) is 0 Å². The van der Waals surface area contributed by atoms with Gasteiger partial charge in [-0.15, -0.1) is 0 Å². The maximum atomic E-state index is 14.0. The van der Waals surface area contributed by atoms with Crippen molar-refractivity contribution >= 4 is 28.7 Å². The number of ketones is 1. The fourth-order valence-electron chi connectivity index (χ4n) is 4.72. The van der Waals surface area contributed by atoms with E-state index in [2.05, 4.69) is 4.98 Å². The first kappa shape index (κ1) is 28.2. The summed E-state index contributed by atoms with van der Waals surface area (Å²) in [6.45, 7) is 5.29. The molecule has 0 radical (unpaired) electrons. The smallest absolute Gasteiger partial charge is 0.331 e. The molecular weight excluding hydrogens is 533 g/mol. The van der Waals surface area contributed by atoms with Crippen molar-refractivity contribution in [3.63, 3.8) is 0 Å². The van der Waals surface area contributed by atoms with E-state index in [1.165, 1.54) is 25.3 Å². The number of pyridine rings is 1. The van der Waals surface area contributed by atoms with E-state index in [1.54, 1.807) is 62.4 Å². The van der Waals surface area contributed by atoms with Gasteiger partial charge in [-0.1, -0.05) is 42.5 Å². The van der Waals surface area contributed by atoms with Crippen LogP contribution in [-0.2, 0) is 11.4 Å². The average Bonchev–Trinajstić information content (AvgIpc) is 2.97. The van der Waals surface area contributed by atoms with Crippen LogP contribution in [0.15, 0.2) is 96.7 Å². The van der Waals surface area contributed by atoms with Gasteiger partial charge in [0.25, 0.3) is 0 Å². The van der Waals surface area contributed by atoms with Crippen molar-refractivity contribution in [2.24, 2.45) is 0 Å². The van der Waals surface area contributed by atoms with Gasteiger partial charge in [-0.25, -0.2) is 9.18 Å². The van der Waals surface area contributed by atoms with Crippen LogP contribution >= 0.6 is 0 Å². The molecule has 1 N–H and O–H groups in total. The molecule has 0 fully saturated rings. The standard InChI is InChI=1S/C35H28FNO5/c1-21-16-26(36)17-22(2)32(21)33(38)30-19-37-31-18-28(41-20-25-7-5-4-6-8-25)13-14-29(31)34(30)42-27-11-9-24(10-12-27)15-23(3)35(39)40/h4-19H,20H2,1-3H3,(H,39,40)/b23-15+. The number of aliphatic carboxylic acids is 1. The van der Waals surface area contributed by atoms with Crippen LogP contribution in [0.3, 0.4) is 0 Å². The molecule has 0 bridgehead atoms. The molecule has 5 aromatic rings. The molecule has 210 valence electrons. The van der Waals surface area contributed by atoms with Crippen molar-refractivity contribution in [2.45, 2.75) is 27.4 Å². The number of carboxylic acids is 1. The highest BCUT2D eigenvalue weighted by atomic mass is 19.1. The fourth-order valence-corrected chi connectivity index (χ4v) is 4.72. The molecule has 1 aromatic heterocycles. The first-order valence-corrected chi connectivity index (χ1v) is 13.3. The largest absolute Gasteiger partial charge is 0.489 e. The van der Waals surface area contributed by atoms with Crippen molar-refractivity contribution in [1.29, 1.82) is 0 Å². The maximum Gasteiger partial charge on any atom is 0.331 e. The highest BCUT2D eigenvalue weighted by molar-refractivity contribution is 6.14. The minimum absolute atomic E-state index is 0.201. The molecule has 0 aliphatic rings. The molecule has 0 aliphatic heterocycles. The minimum Gasteiger partial charge on any atom is -0.489 e. The van der Waals surface area contributed by atoms with Crippen LogP contribution in [0.5, 0.6) is 17.2 Å². The molecular formula is C35H28FNO5. The summed E-state index contributed by atoms with van der Waals surface area (Å²) in [7, 11) is 0. The first-order chi connectivity index (χ1) is 20.2. The monoisotopic (exact) mass is 561 g/mol. The molecule has 5 rings (SSSR count). The summed E-state index contributed by atoms with van der Waals surface area (Å²) >= 11 is 0. The molecule has 0 amide bonds. The van der Waals surface area contributed by atoms with Gasteiger partial charge >= 0.3 is 5.97 Å². The highest BCUT2D eigenvalue weighted by Gasteiger charge is 2.23. The van der Waals surface area contributed by atoms with Gasteiger partial charge in [0, 0.05) is 28.8 Å². The van der Waals surface area contributed by atoms with Crippen molar-refractivity contribution in [2.75, 3.05) is 0 Å². The number of benzene rings is 4. The molecule has 0 saturated carbocycles. The predicted octanol–water partition coefficient (Wildman–Crippen LogP) is 8.08. The second-order valence-corrected chi connectivity index (χ2v) is 10.0. The van der Waals surface area contributed by atoms with Crippen LogP contribution in [0, 0.1) is 19.7 Å². The van der Waals surface area contributed by atoms with Gasteiger partial charge in [0.2, 0.25) is 0 Å². The van der Waals surface area contributed by atoms with Gasteiger partial charge in [-0.05, 0) is 85.5 Å². The Balaban J connectivity index is 1.55. The quantitative estimate of drug-likeness (QED) is 0.145. The number of carbonyl (C=O) groups excluding carboxylic acids is 1. The number of nitrogens with zero attached hydrogens (tertiary/aromatic N) is 1. The summed E-state index contributed by atoms with van der Waals surface area (Å²) in [4.78, 5) is 29.7.